The summed E-state index contributed by atoms with van der Waals surface area (Å²) in [7, 11) is 1.99. The van der Waals surface area contributed by atoms with Gasteiger partial charge in [0, 0.05) is 6.42 Å². The highest BCUT2D eigenvalue weighted by Crippen LogP contribution is 2.43. The van der Waals surface area contributed by atoms with Gasteiger partial charge >= 0.3 is 7.60 Å². The molecule has 0 radical (unpaired) electrons. The molecule has 3 unspecified atom stereocenters. The molecule has 0 heterocycles. The third-order valence-electron chi connectivity index (χ3n) is 9.56. The van der Waals surface area contributed by atoms with Crippen LogP contribution in [0.4, 0.5) is 0 Å². The minimum atomic E-state index is -4.00. The predicted octanol–water partition coefficient (Wildman–Crippen LogP) is 11.3. The van der Waals surface area contributed by atoms with E-state index >= 15 is 0 Å². The lowest BCUT2D eigenvalue weighted by Crippen LogP contribution is -2.45. The molecular weight excluding hydrogens is 631 g/mol. The quantitative estimate of drug-likeness (QED) is 0.0257. The number of aliphatic hydroxyl groups excluding tert-OH is 1. The van der Waals surface area contributed by atoms with Gasteiger partial charge in [-0.1, -0.05) is 180 Å². The van der Waals surface area contributed by atoms with E-state index in [4.69, 9.17) is 4.52 Å². The van der Waals surface area contributed by atoms with Gasteiger partial charge in [0.05, 0.1) is 39.5 Å². The Morgan fingerprint density at radius 1 is 0.673 bits per heavy atom. The number of hydrogen-bond donors (Lipinski definition) is 3. The van der Waals surface area contributed by atoms with Gasteiger partial charge in [0.2, 0.25) is 5.91 Å². The number of nitrogens with zero attached hydrogens (tertiary/aromatic N) is 1. The molecule has 0 spiro atoms. The van der Waals surface area contributed by atoms with Crippen molar-refractivity contribution in [2.24, 2.45) is 0 Å². The third-order valence-corrected chi connectivity index (χ3v) is 11.0. The third kappa shape index (κ3) is 35.5. The molecule has 0 fully saturated rings. The van der Waals surface area contributed by atoms with Crippen LogP contribution in [0, 0.1) is 0 Å². The molecule has 49 heavy (non-hydrogen) atoms. The van der Waals surface area contributed by atoms with Crippen molar-refractivity contribution in [1.29, 1.82) is 0 Å². The number of allylic oxidation sites excluding steroid dienone is 1. The van der Waals surface area contributed by atoms with Crippen molar-refractivity contribution < 1.29 is 28.4 Å². The molecular formula is C41H84N2O5P+. The zero-order valence-corrected chi connectivity index (χ0v) is 34.1. The molecule has 3 atom stereocenters. The summed E-state index contributed by atoms with van der Waals surface area (Å²) in [6.07, 6.45) is 36.7. The van der Waals surface area contributed by atoms with Crippen molar-refractivity contribution in [1.82, 2.24) is 5.32 Å². The number of rotatable bonds is 37. The molecule has 0 saturated carbocycles. The molecule has 0 aromatic heterocycles. The van der Waals surface area contributed by atoms with E-state index in [-0.39, 0.29) is 18.7 Å². The molecule has 8 heteroatoms. The van der Waals surface area contributed by atoms with E-state index < -0.39 is 19.7 Å². The fourth-order valence-corrected chi connectivity index (χ4v) is 7.51. The highest BCUT2D eigenvalue weighted by Gasteiger charge is 2.30. The Labute approximate surface area is 304 Å². The van der Waals surface area contributed by atoms with Crippen LogP contribution in [0.5, 0.6) is 0 Å². The molecule has 0 saturated heterocycles. The summed E-state index contributed by atoms with van der Waals surface area (Å²) >= 11 is 0. The number of quaternary nitrogens is 1. The van der Waals surface area contributed by atoms with E-state index in [9.17, 15) is 19.4 Å². The van der Waals surface area contributed by atoms with Crippen LogP contribution in [0.1, 0.15) is 194 Å². The van der Waals surface area contributed by atoms with Crippen molar-refractivity contribution in [3.05, 3.63) is 12.2 Å². The molecule has 7 nitrogen and oxygen atoms in total. The van der Waals surface area contributed by atoms with Gasteiger partial charge < -0.3 is 24.3 Å². The second kappa shape index (κ2) is 33.1. The maximum absolute atomic E-state index is 12.9. The fraction of sp³-hybridized carbons (Fsp3) is 0.927. The molecule has 292 valence electrons. The van der Waals surface area contributed by atoms with Gasteiger partial charge in [-0.2, -0.15) is 0 Å². The van der Waals surface area contributed by atoms with Crippen LogP contribution in [-0.4, -0.2) is 73.0 Å². The number of carbonyl (C=O) groups excluding carboxylic acids is 1. The maximum Gasteiger partial charge on any atom is 0.330 e. The van der Waals surface area contributed by atoms with E-state index in [0.29, 0.717) is 17.4 Å². The van der Waals surface area contributed by atoms with E-state index in [2.05, 4.69) is 19.2 Å². The summed E-state index contributed by atoms with van der Waals surface area (Å²) in [6, 6.07) is -0.864. The summed E-state index contributed by atoms with van der Waals surface area (Å²) in [5.41, 5.74) is 0. The molecule has 0 aromatic rings. The van der Waals surface area contributed by atoms with Crippen LogP contribution in [0.25, 0.3) is 0 Å². The number of likely N-dealkylation sites (N-methyl/N-ethyl adjacent to an activating group) is 1. The summed E-state index contributed by atoms with van der Waals surface area (Å²) < 4.78 is 18.9. The first kappa shape index (κ1) is 48.3. The minimum absolute atomic E-state index is 0.141. The lowest BCUT2D eigenvalue weighted by molar-refractivity contribution is -0.870. The topological polar surface area (TPSA) is 95.9 Å². The highest BCUT2D eigenvalue weighted by molar-refractivity contribution is 7.52. The number of carbonyl (C=O) groups is 1. The molecule has 0 aliphatic rings. The maximum atomic E-state index is 12.9. The van der Waals surface area contributed by atoms with Crippen molar-refractivity contribution in [3.8, 4) is 0 Å². The number of hydrogen-bond acceptors (Lipinski definition) is 4. The van der Waals surface area contributed by atoms with Crippen LogP contribution >= 0.6 is 7.60 Å². The lowest BCUT2D eigenvalue weighted by Gasteiger charge is -2.26. The van der Waals surface area contributed by atoms with Crippen LogP contribution in [0.3, 0.4) is 0 Å². The average molecular weight is 716 g/mol. The lowest BCUT2D eigenvalue weighted by atomic mass is 10.0. The molecule has 0 rings (SSSR count). The van der Waals surface area contributed by atoms with Crippen LogP contribution in [-0.2, 0) is 13.9 Å². The van der Waals surface area contributed by atoms with Gasteiger partial charge in [-0.05, 0) is 19.3 Å². The van der Waals surface area contributed by atoms with E-state index in [1.54, 1.807) is 6.08 Å². The second-order valence-corrected chi connectivity index (χ2v) is 17.7. The largest absolute Gasteiger partial charge is 0.387 e. The van der Waals surface area contributed by atoms with Gasteiger partial charge in [-0.15, -0.1) is 0 Å². The Kier molecular flexibility index (Phi) is 32.7. The monoisotopic (exact) mass is 716 g/mol. The van der Waals surface area contributed by atoms with Crippen molar-refractivity contribution in [3.63, 3.8) is 0 Å². The molecule has 0 aliphatic carbocycles. The van der Waals surface area contributed by atoms with Gasteiger partial charge in [0.15, 0.2) is 0 Å². The van der Waals surface area contributed by atoms with Crippen LogP contribution in [0.2, 0.25) is 0 Å². The molecule has 0 aliphatic heterocycles. The van der Waals surface area contributed by atoms with Crippen LogP contribution in [0.15, 0.2) is 12.2 Å². The Morgan fingerprint density at radius 2 is 1.06 bits per heavy atom. The van der Waals surface area contributed by atoms with Crippen molar-refractivity contribution in [2.75, 3.05) is 40.5 Å². The smallest absolute Gasteiger partial charge is 0.330 e. The zero-order chi connectivity index (χ0) is 36.5. The Balaban J connectivity index is 4.43. The zero-order valence-electron chi connectivity index (χ0n) is 33.2. The van der Waals surface area contributed by atoms with Gasteiger partial charge in [0.25, 0.3) is 0 Å². The first-order valence-electron chi connectivity index (χ1n) is 20.9. The summed E-state index contributed by atoms with van der Waals surface area (Å²) in [6.45, 7) is 5.25. The number of nitrogens with one attached hydrogen (secondary N) is 1. The summed E-state index contributed by atoms with van der Waals surface area (Å²) in [5.74, 6) is -0.177. The number of amides is 1. The average Bonchev–Trinajstić information content (AvgIpc) is 3.03. The van der Waals surface area contributed by atoms with Gasteiger partial charge in [-0.3, -0.25) is 9.36 Å². The molecule has 1 amide bonds. The van der Waals surface area contributed by atoms with E-state index in [1.807, 2.05) is 27.2 Å². The SMILES string of the molecule is CCCCCCCCCCCCC/C=C/C(O)C(CP(=O)(O)OCC[N+](C)(C)C)NC(=O)CCCCCCCCCCCCCCCCC. The van der Waals surface area contributed by atoms with Crippen molar-refractivity contribution in [2.45, 2.75) is 206 Å². The van der Waals surface area contributed by atoms with E-state index in [0.717, 1.165) is 32.1 Å². The van der Waals surface area contributed by atoms with Gasteiger partial charge in [-0.25, -0.2) is 0 Å². The number of aliphatic hydroxyl groups is 1. The van der Waals surface area contributed by atoms with E-state index in [1.165, 1.54) is 141 Å². The standard InChI is InChI=1S/C41H83N2O5P/c1-6-8-10-12-14-16-18-20-21-23-25-27-29-31-33-35-41(45)42-39(38-49(46,47)48-37-36-43(3,4)5)40(44)34-32-30-28-26-24-22-19-17-15-13-11-9-7-2/h32,34,39-40,44H,6-31,33,35-38H2,1-5H3,(H-,42,45,46,47)/p+1/b34-32+. The number of unbranched alkanes of at least 4 members (excludes halogenated alkanes) is 25. The first-order chi connectivity index (χ1) is 23.5. The predicted molar refractivity (Wildman–Crippen MR) is 211 cm³/mol. The molecule has 0 aromatic carbocycles. The van der Waals surface area contributed by atoms with Gasteiger partial charge in [0.1, 0.15) is 13.2 Å². The van der Waals surface area contributed by atoms with Crippen molar-refractivity contribution >= 4 is 13.5 Å². The highest BCUT2D eigenvalue weighted by atomic mass is 31.2. The minimum Gasteiger partial charge on any atom is -0.387 e. The molecule has 0 bridgehead atoms. The fourth-order valence-electron chi connectivity index (χ4n) is 6.23. The Bertz CT molecular complexity index is 816. The molecule has 3 N–H and O–H groups in total. The first-order valence-corrected chi connectivity index (χ1v) is 22.7. The normalized spacial score (nSPS) is 14.7. The van der Waals surface area contributed by atoms with Crippen LogP contribution < -0.4 is 5.32 Å². The Morgan fingerprint density at radius 3 is 1.47 bits per heavy atom. The summed E-state index contributed by atoms with van der Waals surface area (Å²) in [4.78, 5) is 23.4. The summed E-state index contributed by atoms with van der Waals surface area (Å²) in [5, 5.41) is 13.8. The Hall–Kier alpha value is -0.720. The second-order valence-electron chi connectivity index (χ2n) is 15.8.